The molecule has 0 aliphatic rings. The van der Waals surface area contributed by atoms with Crippen molar-refractivity contribution in [2.75, 3.05) is 6.61 Å². The monoisotopic (exact) mass is 277 g/mol. The van der Waals surface area contributed by atoms with Crippen LogP contribution in [-0.2, 0) is 0 Å². The Morgan fingerprint density at radius 1 is 1.37 bits per heavy atom. The second-order valence-corrected chi connectivity index (χ2v) is 4.19. The molecular formula is C14H12ClNO3. The van der Waals surface area contributed by atoms with Crippen molar-refractivity contribution < 1.29 is 14.6 Å². The molecule has 1 heterocycles. The third-order valence-electron chi connectivity index (χ3n) is 2.55. The molecule has 0 saturated heterocycles. The van der Waals surface area contributed by atoms with E-state index in [1.807, 2.05) is 31.2 Å². The van der Waals surface area contributed by atoms with Crippen LogP contribution in [0.1, 0.15) is 17.3 Å². The molecule has 0 bridgehead atoms. The molecule has 1 aromatic heterocycles. The van der Waals surface area contributed by atoms with Crippen LogP contribution >= 0.6 is 11.6 Å². The summed E-state index contributed by atoms with van der Waals surface area (Å²) in [7, 11) is 0. The van der Waals surface area contributed by atoms with Gasteiger partial charge in [0.1, 0.15) is 10.9 Å². The third kappa shape index (κ3) is 3.03. The fourth-order valence-corrected chi connectivity index (χ4v) is 1.87. The average Bonchev–Trinajstić information content (AvgIpc) is 2.39. The smallest absolute Gasteiger partial charge is 0.338 e. The van der Waals surface area contributed by atoms with E-state index in [1.54, 1.807) is 6.20 Å². The van der Waals surface area contributed by atoms with Gasteiger partial charge in [-0.05, 0) is 30.7 Å². The summed E-state index contributed by atoms with van der Waals surface area (Å²) in [5, 5.41) is 9.01. The van der Waals surface area contributed by atoms with Gasteiger partial charge in [-0.25, -0.2) is 9.78 Å². The Kier molecular flexibility index (Phi) is 4.02. The van der Waals surface area contributed by atoms with Gasteiger partial charge in [-0.3, -0.25) is 0 Å². The first kappa shape index (κ1) is 13.4. The molecule has 4 nitrogen and oxygen atoms in total. The Labute approximate surface area is 115 Å². The minimum absolute atomic E-state index is 0.0130. The Morgan fingerprint density at radius 3 is 2.84 bits per heavy atom. The van der Waals surface area contributed by atoms with Crippen LogP contribution < -0.4 is 4.74 Å². The summed E-state index contributed by atoms with van der Waals surface area (Å²) < 4.78 is 5.41. The van der Waals surface area contributed by atoms with Crippen molar-refractivity contribution in [2.45, 2.75) is 6.92 Å². The molecular weight excluding hydrogens is 266 g/mol. The number of ether oxygens (including phenoxy) is 1. The van der Waals surface area contributed by atoms with Crippen molar-refractivity contribution >= 4 is 17.6 Å². The highest BCUT2D eigenvalue weighted by molar-refractivity contribution is 6.32. The van der Waals surface area contributed by atoms with Gasteiger partial charge in [-0.15, -0.1) is 0 Å². The minimum atomic E-state index is -1.10. The summed E-state index contributed by atoms with van der Waals surface area (Å²) in [5.41, 5.74) is 1.50. The molecule has 0 unspecified atom stereocenters. The predicted molar refractivity (Wildman–Crippen MR) is 72.8 cm³/mol. The van der Waals surface area contributed by atoms with E-state index in [2.05, 4.69) is 4.98 Å². The molecule has 0 aliphatic carbocycles. The van der Waals surface area contributed by atoms with Gasteiger partial charge in [0, 0.05) is 11.8 Å². The first-order valence-electron chi connectivity index (χ1n) is 5.74. The lowest BCUT2D eigenvalue weighted by Gasteiger charge is -2.07. The maximum absolute atomic E-state index is 11.0. The van der Waals surface area contributed by atoms with Gasteiger partial charge < -0.3 is 9.84 Å². The van der Waals surface area contributed by atoms with Crippen LogP contribution in [0.5, 0.6) is 5.75 Å². The number of aromatic carboxylic acids is 1. The number of rotatable bonds is 4. The highest BCUT2D eigenvalue weighted by Crippen LogP contribution is 2.26. The number of benzene rings is 1. The van der Waals surface area contributed by atoms with E-state index >= 15 is 0 Å². The van der Waals surface area contributed by atoms with Crippen molar-refractivity contribution in [2.24, 2.45) is 0 Å². The van der Waals surface area contributed by atoms with E-state index in [0.717, 1.165) is 11.3 Å². The van der Waals surface area contributed by atoms with Crippen molar-refractivity contribution in [3.05, 3.63) is 47.2 Å². The molecule has 0 amide bonds. The van der Waals surface area contributed by atoms with Crippen LogP contribution in [0, 0.1) is 0 Å². The van der Waals surface area contributed by atoms with Crippen LogP contribution in [0.25, 0.3) is 11.1 Å². The molecule has 0 spiro atoms. The summed E-state index contributed by atoms with van der Waals surface area (Å²) in [6.07, 6.45) is 1.54. The molecule has 2 aromatic rings. The Hall–Kier alpha value is -2.07. The molecule has 2 rings (SSSR count). The van der Waals surface area contributed by atoms with Crippen LogP contribution in [0.15, 0.2) is 36.5 Å². The zero-order chi connectivity index (χ0) is 13.8. The second-order valence-electron chi connectivity index (χ2n) is 3.83. The number of aromatic nitrogens is 1. The number of pyridine rings is 1. The maximum Gasteiger partial charge on any atom is 0.338 e. The molecule has 19 heavy (non-hydrogen) atoms. The molecule has 5 heteroatoms. The van der Waals surface area contributed by atoms with Gasteiger partial charge in [0.05, 0.1) is 12.2 Å². The summed E-state index contributed by atoms with van der Waals surface area (Å²) in [6, 6.07) is 8.88. The predicted octanol–water partition coefficient (Wildman–Crippen LogP) is 3.50. The lowest BCUT2D eigenvalue weighted by atomic mass is 10.1. The van der Waals surface area contributed by atoms with Gasteiger partial charge in [0.25, 0.3) is 0 Å². The fraction of sp³-hybridized carbons (Fsp3) is 0.143. The average molecular weight is 278 g/mol. The number of nitrogens with zero attached hydrogens (tertiary/aromatic N) is 1. The molecule has 1 aromatic carbocycles. The number of carboxylic acids is 1. The van der Waals surface area contributed by atoms with Crippen LogP contribution in [0.3, 0.4) is 0 Å². The Bertz CT molecular complexity index is 613. The minimum Gasteiger partial charge on any atom is -0.494 e. The number of carbonyl (C=O) groups is 1. The molecule has 0 fully saturated rings. The van der Waals surface area contributed by atoms with Crippen LogP contribution in [-0.4, -0.2) is 22.7 Å². The van der Waals surface area contributed by atoms with Gasteiger partial charge in [-0.1, -0.05) is 23.7 Å². The number of hydrogen-bond donors (Lipinski definition) is 1. The van der Waals surface area contributed by atoms with E-state index in [1.165, 1.54) is 6.07 Å². The Balaban J connectivity index is 2.44. The van der Waals surface area contributed by atoms with E-state index in [-0.39, 0.29) is 10.7 Å². The topological polar surface area (TPSA) is 59.4 Å². The largest absolute Gasteiger partial charge is 0.494 e. The van der Waals surface area contributed by atoms with E-state index < -0.39 is 5.97 Å². The first-order valence-corrected chi connectivity index (χ1v) is 6.11. The number of hydrogen-bond acceptors (Lipinski definition) is 3. The second kappa shape index (κ2) is 5.71. The van der Waals surface area contributed by atoms with Crippen molar-refractivity contribution in [1.82, 2.24) is 4.98 Å². The number of carboxylic acid groups (broad SMARTS) is 1. The van der Waals surface area contributed by atoms with Crippen molar-refractivity contribution in [3.8, 4) is 16.9 Å². The van der Waals surface area contributed by atoms with Gasteiger partial charge in [0.2, 0.25) is 0 Å². The first-order chi connectivity index (χ1) is 9.11. The lowest BCUT2D eigenvalue weighted by Crippen LogP contribution is -1.99. The molecule has 0 saturated carbocycles. The van der Waals surface area contributed by atoms with Crippen molar-refractivity contribution in [3.63, 3.8) is 0 Å². The van der Waals surface area contributed by atoms with Crippen LogP contribution in [0.2, 0.25) is 5.15 Å². The van der Waals surface area contributed by atoms with Crippen LogP contribution in [0.4, 0.5) is 0 Å². The maximum atomic E-state index is 11.0. The van der Waals surface area contributed by atoms with E-state index in [4.69, 9.17) is 21.4 Å². The molecule has 98 valence electrons. The van der Waals surface area contributed by atoms with E-state index in [0.29, 0.717) is 12.2 Å². The quantitative estimate of drug-likeness (QED) is 0.869. The Morgan fingerprint density at radius 2 is 2.16 bits per heavy atom. The summed E-state index contributed by atoms with van der Waals surface area (Å²) in [5.74, 6) is -0.368. The standard InChI is InChI=1S/C14H12ClNO3/c1-2-19-11-5-3-4-9(6-11)10-7-12(14(17)18)13(15)16-8-10/h3-8H,2H2,1H3,(H,17,18). The molecule has 1 N–H and O–H groups in total. The normalized spacial score (nSPS) is 10.2. The molecule has 0 atom stereocenters. The summed E-state index contributed by atoms with van der Waals surface area (Å²) in [4.78, 5) is 14.9. The zero-order valence-corrected chi connectivity index (χ0v) is 11.0. The fourth-order valence-electron chi connectivity index (χ4n) is 1.69. The molecule has 0 radical (unpaired) electrons. The summed E-state index contributed by atoms with van der Waals surface area (Å²) >= 11 is 5.74. The third-order valence-corrected chi connectivity index (χ3v) is 2.85. The summed E-state index contributed by atoms with van der Waals surface area (Å²) in [6.45, 7) is 2.47. The van der Waals surface area contributed by atoms with Gasteiger partial charge in [0.15, 0.2) is 0 Å². The van der Waals surface area contributed by atoms with E-state index in [9.17, 15) is 4.79 Å². The van der Waals surface area contributed by atoms with Gasteiger partial charge >= 0.3 is 5.97 Å². The van der Waals surface area contributed by atoms with Crippen molar-refractivity contribution in [1.29, 1.82) is 0 Å². The zero-order valence-electron chi connectivity index (χ0n) is 10.3. The SMILES string of the molecule is CCOc1cccc(-c2cnc(Cl)c(C(=O)O)c2)c1. The highest BCUT2D eigenvalue weighted by atomic mass is 35.5. The highest BCUT2D eigenvalue weighted by Gasteiger charge is 2.11. The number of halogens is 1. The lowest BCUT2D eigenvalue weighted by molar-refractivity contribution is 0.0696. The van der Waals surface area contributed by atoms with Gasteiger partial charge in [-0.2, -0.15) is 0 Å². The molecule has 0 aliphatic heterocycles.